The Morgan fingerprint density at radius 1 is 1.04 bits per heavy atom. The van der Waals surface area contributed by atoms with Crippen LogP contribution in [0.15, 0.2) is 30.3 Å². The zero-order valence-electron chi connectivity index (χ0n) is 15.3. The molecule has 0 saturated heterocycles. The largest absolute Gasteiger partial charge is 0.493 e. The molecule has 152 valence electrons. The van der Waals surface area contributed by atoms with Gasteiger partial charge in [-0.05, 0) is 43.5 Å². The van der Waals surface area contributed by atoms with E-state index in [0.29, 0.717) is 39.9 Å². The van der Waals surface area contributed by atoms with Crippen molar-refractivity contribution in [3.05, 3.63) is 61.5 Å². The Balaban J connectivity index is 1.99. The second kappa shape index (κ2) is 11.1. The number of hydrogen-bond acceptors (Lipinski definition) is 3. The second-order valence-corrected chi connectivity index (χ2v) is 7.86. The molecule has 2 aromatic carbocycles. The molecule has 0 aromatic heterocycles. The predicted molar refractivity (Wildman–Crippen MR) is 115 cm³/mol. The van der Waals surface area contributed by atoms with Crippen LogP contribution in [0.4, 0.5) is 0 Å². The summed E-state index contributed by atoms with van der Waals surface area (Å²) in [6, 6.07) is 8.03. The number of benzene rings is 2. The van der Waals surface area contributed by atoms with E-state index in [1.165, 1.54) is 0 Å². The van der Waals surface area contributed by atoms with E-state index in [1.54, 1.807) is 37.4 Å². The van der Waals surface area contributed by atoms with Gasteiger partial charge in [0.2, 0.25) is 5.91 Å². The van der Waals surface area contributed by atoms with Crippen molar-refractivity contribution in [1.29, 1.82) is 0 Å². The molecule has 0 aliphatic heterocycles. The van der Waals surface area contributed by atoms with Gasteiger partial charge in [0.25, 0.3) is 0 Å². The van der Waals surface area contributed by atoms with Gasteiger partial charge in [-0.3, -0.25) is 4.79 Å². The summed E-state index contributed by atoms with van der Waals surface area (Å²) < 4.78 is 5.69. The third kappa shape index (κ3) is 6.43. The van der Waals surface area contributed by atoms with Crippen molar-refractivity contribution >= 4 is 52.3 Å². The van der Waals surface area contributed by atoms with Crippen LogP contribution in [0.2, 0.25) is 20.1 Å². The second-order valence-electron chi connectivity index (χ2n) is 6.20. The first-order chi connectivity index (χ1) is 13.3. The molecule has 0 fully saturated rings. The van der Waals surface area contributed by atoms with Gasteiger partial charge in [-0.2, -0.15) is 0 Å². The minimum atomic E-state index is -1.09. The maximum atomic E-state index is 11.2. The van der Waals surface area contributed by atoms with Crippen molar-refractivity contribution in [3.8, 4) is 5.75 Å². The number of carbonyl (C=O) groups is 1. The van der Waals surface area contributed by atoms with Gasteiger partial charge >= 0.3 is 0 Å². The highest BCUT2D eigenvalue weighted by atomic mass is 35.5. The molecule has 0 heterocycles. The van der Waals surface area contributed by atoms with Crippen LogP contribution in [-0.2, 0) is 4.79 Å². The van der Waals surface area contributed by atoms with Crippen molar-refractivity contribution < 1.29 is 14.6 Å². The molecular formula is C20H21Cl4NO3. The highest BCUT2D eigenvalue weighted by Crippen LogP contribution is 2.39. The lowest BCUT2D eigenvalue weighted by Crippen LogP contribution is -2.16. The van der Waals surface area contributed by atoms with Gasteiger partial charge in [0.15, 0.2) is 0 Å². The van der Waals surface area contributed by atoms with E-state index >= 15 is 0 Å². The maximum absolute atomic E-state index is 11.2. The van der Waals surface area contributed by atoms with E-state index in [0.717, 1.165) is 19.3 Å². The molecule has 0 unspecified atom stereocenters. The van der Waals surface area contributed by atoms with Crippen molar-refractivity contribution in [2.75, 3.05) is 13.7 Å². The van der Waals surface area contributed by atoms with Crippen molar-refractivity contribution in [1.82, 2.24) is 5.32 Å². The summed E-state index contributed by atoms with van der Waals surface area (Å²) in [4.78, 5) is 11.2. The zero-order chi connectivity index (χ0) is 20.7. The Morgan fingerprint density at radius 3 is 2.32 bits per heavy atom. The first kappa shape index (κ1) is 23.1. The summed E-state index contributed by atoms with van der Waals surface area (Å²) in [5.41, 5.74) is 0.810. The van der Waals surface area contributed by atoms with Crippen LogP contribution in [-0.4, -0.2) is 24.7 Å². The number of nitrogens with one attached hydrogen (secondary N) is 1. The van der Waals surface area contributed by atoms with E-state index < -0.39 is 6.10 Å². The van der Waals surface area contributed by atoms with Crippen LogP contribution in [0, 0.1) is 0 Å². The summed E-state index contributed by atoms with van der Waals surface area (Å²) in [5.74, 6) is 0.550. The predicted octanol–water partition coefficient (Wildman–Crippen LogP) is 6.07. The Labute approximate surface area is 184 Å². The molecule has 28 heavy (non-hydrogen) atoms. The highest BCUT2D eigenvalue weighted by molar-refractivity contribution is 6.37. The summed E-state index contributed by atoms with van der Waals surface area (Å²) in [6.07, 6.45) is 1.90. The van der Waals surface area contributed by atoms with Crippen molar-refractivity contribution in [3.63, 3.8) is 0 Å². The Morgan fingerprint density at radius 2 is 1.71 bits per heavy atom. The normalized spacial score (nSPS) is 11.9. The fourth-order valence-corrected chi connectivity index (χ4v) is 3.85. The number of rotatable bonds is 9. The average Bonchev–Trinajstić information content (AvgIpc) is 2.63. The molecule has 0 aliphatic carbocycles. The molecular weight excluding hydrogens is 444 g/mol. The molecule has 2 aromatic rings. The number of hydrogen-bond donors (Lipinski definition) is 2. The van der Waals surface area contributed by atoms with Gasteiger partial charge in [0.05, 0.1) is 16.7 Å². The molecule has 0 saturated carbocycles. The summed E-state index contributed by atoms with van der Waals surface area (Å²) in [6.45, 7) is 0.477. The fourth-order valence-electron chi connectivity index (χ4n) is 2.66. The smallest absolute Gasteiger partial charge is 0.219 e. The number of halogens is 4. The van der Waals surface area contributed by atoms with Crippen LogP contribution in [0.25, 0.3) is 0 Å². The lowest BCUT2D eigenvalue weighted by molar-refractivity contribution is -0.120. The average molecular weight is 465 g/mol. The van der Waals surface area contributed by atoms with Gasteiger partial charge in [-0.25, -0.2) is 0 Å². The topological polar surface area (TPSA) is 58.6 Å². The third-order valence-corrected chi connectivity index (χ3v) is 5.37. The van der Waals surface area contributed by atoms with Gasteiger partial charge in [-0.1, -0.05) is 52.5 Å². The Kier molecular flexibility index (Phi) is 9.19. The fraction of sp³-hybridized carbons (Fsp3) is 0.350. The van der Waals surface area contributed by atoms with E-state index in [-0.39, 0.29) is 16.0 Å². The van der Waals surface area contributed by atoms with Gasteiger partial charge in [-0.15, -0.1) is 0 Å². The van der Waals surface area contributed by atoms with Crippen LogP contribution in [0.5, 0.6) is 5.75 Å². The van der Waals surface area contributed by atoms with E-state index in [4.69, 9.17) is 51.1 Å². The summed E-state index contributed by atoms with van der Waals surface area (Å²) >= 11 is 24.7. The minimum absolute atomic E-state index is 0.0365. The SMILES string of the molecule is CNC(=O)CCCCCOc1cc(Cl)c([C@@H](O)c2ccc(Cl)cc2Cl)c(Cl)c1. The molecule has 2 N–H and O–H groups in total. The quantitative estimate of drug-likeness (QED) is 0.443. The number of ether oxygens (including phenoxy) is 1. The standard InChI is InChI=1S/C20H21Cl4NO3/c1-25-18(26)5-3-2-4-8-28-13-10-16(23)19(17(24)11-13)20(27)14-7-6-12(21)9-15(14)22/h6-7,9-11,20,27H,2-5,8H2,1H3,(H,25,26)/t20-/m0/s1. The summed E-state index contributed by atoms with van der Waals surface area (Å²) in [7, 11) is 1.63. The molecule has 0 spiro atoms. The van der Waals surface area contributed by atoms with E-state index in [9.17, 15) is 9.90 Å². The molecule has 4 nitrogen and oxygen atoms in total. The van der Waals surface area contributed by atoms with Crippen LogP contribution < -0.4 is 10.1 Å². The van der Waals surface area contributed by atoms with E-state index in [2.05, 4.69) is 5.32 Å². The molecule has 1 atom stereocenters. The minimum Gasteiger partial charge on any atom is -0.493 e. The molecule has 8 heteroatoms. The van der Waals surface area contributed by atoms with Crippen LogP contribution >= 0.6 is 46.4 Å². The van der Waals surface area contributed by atoms with Gasteiger partial charge < -0.3 is 15.2 Å². The Hall–Kier alpha value is -1.17. The van der Waals surface area contributed by atoms with Crippen molar-refractivity contribution in [2.45, 2.75) is 31.8 Å². The maximum Gasteiger partial charge on any atom is 0.219 e. The lowest BCUT2D eigenvalue weighted by Gasteiger charge is -2.18. The highest BCUT2D eigenvalue weighted by Gasteiger charge is 2.21. The zero-order valence-corrected chi connectivity index (χ0v) is 18.3. The lowest BCUT2D eigenvalue weighted by atomic mass is 10.0. The van der Waals surface area contributed by atoms with Gasteiger partial charge in [0.1, 0.15) is 11.9 Å². The van der Waals surface area contributed by atoms with Gasteiger partial charge in [0, 0.05) is 34.6 Å². The molecule has 0 bridgehead atoms. The van der Waals surface area contributed by atoms with Crippen LogP contribution in [0.3, 0.4) is 0 Å². The first-order valence-corrected chi connectivity index (χ1v) is 10.3. The number of unbranched alkanes of at least 4 members (excludes halogenated alkanes) is 2. The van der Waals surface area contributed by atoms with E-state index in [1.807, 2.05) is 0 Å². The molecule has 1 amide bonds. The molecule has 0 radical (unpaired) electrons. The monoisotopic (exact) mass is 463 g/mol. The number of carbonyl (C=O) groups excluding carboxylic acids is 1. The number of amides is 1. The third-order valence-electron chi connectivity index (χ3n) is 4.18. The Bertz CT molecular complexity index is 806. The first-order valence-electron chi connectivity index (χ1n) is 8.78. The number of aliphatic hydroxyl groups excluding tert-OH is 1. The number of aliphatic hydroxyl groups is 1. The molecule has 0 aliphatic rings. The van der Waals surface area contributed by atoms with Crippen molar-refractivity contribution in [2.24, 2.45) is 0 Å². The molecule has 2 rings (SSSR count). The van der Waals surface area contributed by atoms with Crippen LogP contribution in [0.1, 0.15) is 42.9 Å². The summed E-state index contributed by atoms with van der Waals surface area (Å²) in [5, 5.41) is 14.6.